The molecule has 69 heavy (non-hydrogen) atoms. The number of nitrogens with zero attached hydrogens (tertiary/aromatic N) is 8. The van der Waals surface area contributed by atoms with Gasteiger partial charge in [0.05, 0.1) is 29.0 Å². The van der Waals surface area contributed by atoms with Gasteiger partial charge in [0.2, 0.25) is 11.6 Å². The number of carboxylic acid groups (broad SMARTS) is 1. The van der Waals surface area contributed by atoms with Crippen molar-refractivity contribution in [2.75, 3.05) is 41.3 Å². The predicted octanol–water partition coefficient (Wildman–Crippen LogP) is 9.74. The summed E-state index contributed by atoms with van der Waals surface area (Å²) in [4.78, 5) is 43.5. The fourth-order valence-corrected chi connectivity index (χ4v) is 8.24. The van der Waals surface area contributed by atoms with Gasteiger partial charge in [-0.05, 0) is 52.5 Å². The number of alkyl halides is 6. The van der Waals surface area contributed by atoms with E-state index in [0.29, 0.717) is 6.54 Å². The molecule has 2 atom stereocenters. The van der Waals surface area contributed by atoms with Gasteiger partial charge in [0, 0.05) is 51.7 Å². The van der Waals surface area contributed by atoms with Crippen molar-refractivity contribution in [1.82, 2.24) is 45.4 Å². The number of hydrogen-bond acceptors (Lipinski definition) is 15. The van der Waals surface area contributed by atoms with Crippen molar-refractivity contribution in [3.05, 3.63) is 153 Å². The molecule has 4 aromatic carbocycles. The third-order valence-corrected chi connectivity index (χ3v) is 11.7. The number of aromatic carboxylic acids is 1. The Labute approximate surface area is 398 Å². The summed E-state index contributed by atoms with van der Waals surface area (Å²) in [6, 6.07) is 31.3. The van der Waals surface area contributed by atoms with Crippen LogP contribution in [0.15, 0.2) is 129 Å². The topological polar surface area (TPSA) is 203 Å². The fraction of sp³-hybridized carbons (Fsp3) is 0.217. The number of thiazole rings is 2. The molecule has 0 aliphatic heterocycles. The summed E-state index contributed by atoms with van der Waals surface area (Å²) in [5, 5.41) is 24.1. The van der Waals surface area contributed by atoms with Gasteiger partial charge in [0.15, 0.2) is 0 Å². The molecule has 360 valence electrons. The molecule has 8 rings (SSSR count). The Morgan fingerprint density at radius 2 is 1.04 bits per heavy atom. The van der Waals surface area contributed by atoms with E-state index in [1.165, 1.54) is 41.7 Å². The standard InChI is InChI=1S/C23H20F3N5O2S.C13H17N3S.C10H5F3N2O3/c1-31(2)18(21-28-17(13-34-21)14-7-4-3-5-8-14)12-27-20(32)16-10-6-9-15(11-16)19-29-22(33-30-19)23(24,25)26;1-16(2)12(8-14)13-15-11(9-17-13)10-6-4-3-5-7-10;11-10(12,13)9-14-7(15-18-9)5-2-1-3-6(4-5)8(16)17/h3-11,13,18H,12H2,1-2H3,(H,27,32);3-7,9,12H,8,14H2,1-2H3;1-4H,(H,16,17). The highest BCUT2D eigenvalue weighted by Gasteiger charge is 2.39. The van der Waals surface area contributed by atoms with Crippen LogP contribution >= 0.6 is 22.7 Å². The van der Waals surface area contributed by atoms with Crippen molar-refractivity contribution in [3.8, 4) is 45.3 Å². The molecule has 23 heteroatoms. The molecule has 8 aromatic rings. The van der Waals surface area contributed by atoms with Gasteiger partial charge in [-0.2, -0.15) is 36.3 Å². The number of benzene rings is 4. The highest BCUT2D eigenvalue weighted by Crippen LogP contribution is 2.32. The average Bonchev–Trinajstić information content (AvgIpc) is 4.18. The lowest BCUT2D eigenvalue weighted by molar-refractivity contribution is -0.160. The zero-order valence-corrected chi connectivity index (χ0v) is 38.6. The predicted molar refractivity (Wildman–Crippen MR) is 246 cm³/mol. The zero-order chi connectivity index (χ0) is 49.9. The fourth-order valence-electron chi connectivity index (χ4n) is 6.18. The van der Waals surface area contributed by atoms with E-state index in [1.807, 2.05) is 87.0 Å². The SMILES string of the molecule is CN(C)C(CN)c1nc(-c2ccccc2)cs1.CN(C)C(CNC(=O)c1cccc(-c2noc(C(F)(F)F)n2)c1)c1nc(-c2ccccc2)cs1.O=C(O)c1cccc(-c2noc(C(F)(F)F)n2)c1. The Hall–Kier alpha value is -7.18. The Morgan fingerprint density at radius 1 is 0.623 bits per heavy atom. The molecule has 0 saturated carbocycles. The first-order valence-corrected chi connectivity index (χ1v) is 22.2. The summed E-state index contributed by atoms with van der Waals surface area (Å²) in [7, 11) is 7.85. The maximum Gasteiger partial charge on any atom is 0.471 e. The number of hydrogen-bond donors (Lipinski definition) is 3. The van der Waals surface area contributed by atoms with Gasteiger partial charge >= 0.3 is 30.1 Å². The highest BCUT2D eigenvalue weighted by atomic mass is 32.1. The van der Waals surface area contributed by atoms with E-state index >= 15 is 0 Å². The number of rotatable bonds is 13. The molecule has 4 heterocycles. The van der Waals surface area contributed by atoms with Crippen molar-refractivity contribution in [3.63, 3.8) is 0 Å². The molecule has 0 spiro atoms. The maximum absolute atomic E-state index is 12.8. The first-order chi connectivity index (χ1) is 32.8. The first kappa shape index (κ1) is 51.2. The van der Waals surface area contributed by atoms with Crippen LogP contribution in [0.1, 0.15) is 54.6 Å². The summed E-state index contributed by atoms with van der Waals surface area (Å²) >= 11 is 3.18. The molecule has 0 fully saturated rings. The van der Waals surface area contributed by atoms with Crippen LogP contribution < -0.4 is 11.1 Å². The lowest BCUT2D eigenvalue weighted by Gasteiger charge is -2.22. The summed E-state index contributed by atoms with van der Waals surface area (Å²) in [6.07, 6.45) is -9.46. The highest BCUT2D eigenvalue weighted by molar-refractivity contribution is 7.10. The van der Waals surface area contributed by atoms with Crippen LogP contribution in [0.25, 0.3) is 45.3 Å². The molecule has 2 unspecified atom stereocenters. The Bertz CT molecular complexity index is 2920. The molecule has 0 radical (unpaired) electrons. The molecule has 0 aliphatic rings. The zero-order valence-electron chi connectivity index (χ0n) is 36.9. The van der Waals surface area contributed by atoms with Gasteiger partial charge in [-0.25, -0.2) is 14.8 Å². The lowest BCUT2D eigenvalue weighted by Crippen LogP contribution is -2.34. The first-order valence-electron chi connectivity index (χ1n) is 20.4. The Balaban J connectivity index is 0.000000188. The van der Waals surface area contributed by atoms with Crippen LogP contribution in [-0.2, 0) is 12.4 Å². The van der Waals surface area contributed by atoms with Crippen molar-refractivity contribution in [1.29, 1.82) is 0 Å². The van der Waals surface area contributed by atoms with Crippen LogP contribution in [0.5, 0.6) is 0 Å². The number of halogens is 6. The van der Waals surface area contributed by atoms with Gasteiger partial charge in [-0.3, -0.25) is 14.6 Å². The molecule has 0 aliphatic carbocycles. The number of nitrogens with two attached hydrogens (primary N) is 1. The van der Waals surface area contributed by atoms with Crippen LogP contribution in [0.2, 0.25) is 0 Å². The van der Waals surface area contributed by atoms with Gasteiger partial charge in [0.25, 0.3) is 5.91 Å². The minimum Gasteiger partial charge on any atom is -0.478 e. The largest absolute Gasteiger partial charge is 0.478 e. The molecule has 4 aromatic heterocycles. The molecule has 0 saturated heterocycles. The minimum atomic E-state index is -4.74. The van der Waals surface area contributed by atoms with E-state index in [0.717, 1.165) is 38.6 Å². The van der Waals surface area contributed by atoms with E-state index in [9.17, 15) is 35.9 Å². The van der Waals surface area contributed by atoms with E-state index in [2.05, 4.69) is 62.0 Å². The second kappa shape index (κ2) is 22.7. The Kier molecular flexibility index (Phi) is 16.9. The molecular formula is C46H42F6N10O5S2. The monoisotopic (exact) mass is 992 g/mol. The van der Waals surface area contributed by atoms with Crippen LogP contribution in [-0.4, -0.2) is 98.3 Å². The van der Waals surface area contributed by atoms with Crippen LogP contribution in [0, 0.1) is 0 Å². The van der Waals surface area contributed by atoms with Gasteiger partial charge in [0.1, 0.15) is 10.0 Å². The molecular weight excluding hydrogens is 951 g/mol. The van der Waals surface area contributed by atoms with Crippen LogP contribution in [0.4, 0.5) is 26.3 Å². The van der Waals surface area contributed by atoms with Gasteiger partial charge in [-0.1, -0.05) is 95.2 Å². The minimum absolute atomic E-state index is 0.0779. The van der Waals surface area contributed by atoms with Gasteiger partial charge < -0.3 is 25.2 Å². The molecule has 1 amide bonds. The second-order valence-corrected chi connectivity index (χ2v) is 16.9. The van der Waals surface area contributed by atoms with Crippen molar-refractivity contribution < 1.29 is 50.1 Å². The lowest BCUT2D eigenvalue weighted by atomic mass is 10.1. The summed E-state index contributed by atoms with van der Waals surface area (Å²) in [5.41, 5.74) is 10.4. The molecule has 15 nitrogen and oxygen atoms in total. The molecule has 0 bridgehead atoms. The summed E-state index contributed by atoms with van der Waals surface area (Å²) < 4.78 is 83.2. The van der Waals surface area contributed by atoms with E-state index in [4.69, 9.17) is 15.8 Å². The Morgan fingerprint density at radius 3 is 1.45 bits per heavy atom. The normalized spacial score (nSPS) is 12.4. The third kappa shape index (κ3) is 13.7. The number of aromatic nitrogens is 6. The van der Waals surface area contributed by atoms with Crippen molar-refractivity contribution >= 4 is 34.6 Å². The van der Waals surface area contributed by atoms with Crippen molar-refractivity contribution in [2.45, 2.75) is 24.4 Å². The quantitative estimate of drug-likeness (QED) is 0.0921. The second-order valence-electron chi connectivity index (χ2n) is 15.1. The smallest absolute Gasteiger partial charge is 0.471 e. The maximum atomic E-state index is 12.8. The molecule has 4 N–H and O–H groups in total. The number of carbonyl (C=O) groups excluding carboxylic acids is 1. The van der Waals surface area contributed by atoms with E-state index in [-0.39, 0.29) is 58.4 Å². The average molecular weight is 993 g/mol. The number of likely N-dealkylation sites (N-methyl/N-ethyl adjacent to an activating group) is 2. The number of carboxylic acids is 1. The number of nitrogens with one attached hydrogen (secondary N) is 1. The number of carbonyl (C=O) groups is 2. The van der Waals surface area contributed by atoms with Crippen molar-refractivity contribution in [2.24, 2.45) is 5.73 Å². The van der Waals surface area contributed by atoms with Gasteiger partial charge in [-0.15, -0.1) is 22.7 Å². The van der Waals surface area contributed by atoms with E-state index < -0.39 is 30.1 Å². The van der Waals surface area contributed by atoms with Crippen LogP contribution in [0.3, 0.4) is 0 Å². The summed E-state index contributed by atoms with van der Waals surface area (Å²) in [5.74, 6) is -5.05. The third-order valence-electron chi connectivity index (χ3n) is 9.77. The summed E-state index contributed by atoms with van der Waals surface area (Å²) in [6.45, 7) is 0.882. The number of amides is 1. The van der Waals surface area contributed by atoms with E-state index in [1.54, 1.807) is 23.5 Å².